The molecule has 0 fully saturated rings. The molecule has 148 valence electrons. The number of hydrogen-bond donors (Lipinski definition) is 4. The van der Waals surface area contributed by atoms with Gasteiger partial charge < -0.3 is 16.6 Å². The van der Waals surface area contributed by atoms with Gasteiger partial charge in [0.25, 0.3) is 10.0 Å². The number of sulfonamides is 1. The van der Waals surface area contributed by atoms with Crippen molar-refractivity contribution in [3.8, 4) is 0 Å². The second-order valence-electron chi connectivity index (χ2n) is 5.45. The fraction of sp³-hybridized carbons (Fsp3) is 0.312. The van der Waals surface area contributed by atoms with Crippen molar-refractivity contribution >= 4 is 33.3 Å². The fourth-order valence-corrected chi connectivity index (χ4v) is 3.06. The third-order valence-corrected chi connectivity index (χ3v) is 5.08. The summed E-state index contributed by atoms with van der Waals surface area (Å²) in [5.41, 5.74) is 13.6. The first-order valence-electron chi connectivity index (χ1n) is 7.92. The topological polar surface area (TPSA) is 161 Å². The number of carbonyl (C=O) groups is 1. The number of nitrogens with zero attached hydrogens (tertiary/aromatic N) is 2. The van der Waals surface area contributed by atoms with Crippen LogP contribution < -0.4 is 16.2 Å². The number of rotatable bonds is 7. The zero-order valence-electron chi connectivity index (χ0n) is 14.8. The van der Waals surface area contributed by atoms with Gasteiger partial charge in [0.15, 0.2) is 0 Å². The summed E-state index contributed by atoms with van der Waals surface area (Å²) in [6.45, 7) is 2.03. The van der Waals surface area contributed by atoms with Gasteiger partial charge >= 0.3 is 5.97 Å². The van der Waals surface area contributed by atoms with E-state index in [0.29, 0.717) is 6.42 Å². The smallest absolute Gasteiger partial charge is 0.320 e. The Labute approximate surface area is 162 Å². The highest BCUT2D eigenvalue weighted by Crippen LogP contribution is 2.09. The molecule has 0 bridgehead atoms. The van der Waals surface area contributed by atoms with Crippen LogP contribution in [0.5, 0.6) is 0 Å². The lowest BCUT2D eigenvalue weighted by molar-refractivity contribution is -0.138. The summed E-state index contributed by atoms with van der Waals surface area (Å²) in [5, 5.41) is 10.5. The van der Waals surface area contributed by atoms with E-state index in [9.17, 15) is 13.2 Å². The number of nitrogens with one attached hydrogen (secondary N) is 1. The molecule has 0 spiro atoms. The van der Waals surface area contributed by atoms with Crippen LogP contribution in [-0.4, -0.2) is 43.0 Å². The summed E-state index contributed by atoms with van der Waals surface area (Å²) in [4.78, 5) is 18.2. The molecule has 0 aliphatic carbocycles. The van der Waals surface area contributed by atoms with Crippen LogP contribution in [-0.2, 0) is 14.8 Å². The molecule has 0 saturated heterocycles. The van der Waals surface area contributed by atoms with Crippen molar-refractivity contribution in [1.29, 1.82) is 0 Å². The first kappa shape index (κ1) is 22.5. The number of hydrogen-bond acceptors (Lipinski definition) is 7. The second kappa shape index (κ2) is 11.3. The molecular formula is C16H23N5O4S2. The van der Waals surface area contributed by atoms with Gasteiger partial charge in [-0.2, -0.15) is 0 Å². The van der Waals surface area contributed by atoms with Gasteiger partial charge in [-0.1, -0.05) is 17.7 Å². The van der Waals surface area contributed by atoms with Crippen molar-refractivity contribution < 1.29 is 18.3 Å². The Kier molecular flexibility index (Phi) is 9.40. The second-order valence-corrected chi connectivity index (χ2v) is 7.89. The molecule has 27 heavy (non-hydrogen) atoms. The molecule has 0 unspecified atom stereocenters. The molecule has 0 radical (unpaired) electrons. The average molecular weight is 414 g/mol. The van der Waals surface area contributed by atoms with E-state index in [0.717, 1.165) is 5.56 Å². The average Bonchev–Trinajstić information content (AvgIpc) is 3.18. The number of aliphatic carboxylic acids is 1. The maximum absolute atomic E-state index is 12.0. The van der Waals surface area contributed by atoms with E-state index in [1.54, 1.807) is 35.2 Å². The van der Waals surface area contributed by atoms with E-state index in [2.05, 4.69) is 14.7 Å². The number of carboxylic acid groups (broad SMARTS) is 1. The number of aromatic nitrogens is 1. The van der Waals surface area contributed by atoms with Crippen molar-refractivity contribution in [1.82, 2.24) is 9.71 Å². The molecule has 1 heterocycles. The Bertz CT molecular complexity index is 804. The number of thiazole rings is 1. The van der Waals surface area contributed by atoms with Crippen LogP contribution in [0.3, 0.4) is 0 Å². The minimum absolute atomic E-state index is 0.0872. The molecule has 2 aromatic rings. The van der Waals surface area contributed by atoms with Crippen molar-refractivity contribution in [2.75, 3.05) is 6.54 Å². The summed E-state index contributed by atoms with van der Waals surface area (Å²) >= 11 is 1.60. The lowest BCUT2D eigenvalue weighted by atomic mass is 10.2. The lowest BCUT2D eigenvalue weighted by Gasteiger charge is -2.08. The van der Waals surface area contributed by atoms with Crippen LogP contribution in [0.2, 0.25) is 0 Å². The Morgan fingerprint density at radius 2 is 2.04 bits per heavy atom. The van der Waals surface area contributed by atoms with E-state index < -0.39 is 22.0 Å². The van der Waals surface area contributed by atoms with Crippen molar-refractivity contribution in [3.63, 3.8) is 0 Å². The highest BCUT2D eigenvalue weighted by molar-refractivity contribution is 7.90. The Hall–Kier alpha value is -2.50. The van der Waals surface area contributed by atoms with Crippen LogP contribution in [0.1, 0.15) is 18.4 Å². The predicted octanol–water partition coefficient (Wildman–Crippen LogP) is 0.923. The van der Waals surface area contributed by atoms with Crippen LogP contribution in [0.15, 0.2) is 51.2 Å². The fourth-order valence-electron chi connectivity index (χ4n) is 1.76. The zero-order chi connectivity index (χ0) is 20.3. The number of benzene rings is 1. The van der Waals surface area contributed by atoms with E-state index in [1.807, 2.05) is 12.3 Å². The van der Waals surface area contributed by atoms with Gasteiger partial charge in [0.2, 0.25) is 5.96 Å². The molecule has 0 amide bonds. The minimum atomic E-state index is -3.77. The van der Waals surface area contributed by atoms with Gasteiger partial charge in [0.1, 0.15) is 6.04 Å². The van der Waals surface area contributed by atoms with Gasteiger partial charge in [-0.15, -0.1) is 11.3 Å². The molecule has 6 N–H and O–H groups in total. The largest absolute Gasteiger partial charge is 0.480 e. The van der Waals surface area contributed by atoms with Gasteiger partial charge in [0, 0.05) is 18.1 Å². The van der Waals surface area contributed by atoms with E-state index in [-0.39, 0.29) is 23.8 Å². The molecule has 0 saturated carbocycles. The highest BCUT2D eigenvalue weighted by Gasteiger charge is 2.14. The molecule has 9 nitrogen and oxygen atoms in total. The number of guanidine groups is 1. The molecule has 1 aromatic carbocycles. The number of aliphatic imine (C=N–C) groups is 1. The predicted molar refractivity (Wildman–Crippen MR) is 105 cm³/mol. The molecule has 0 aliphatic rings. The molecule has 0 aliphatic heterocycles. The maximum Gasteiger partial charge on any atom is 0.320 e. The summed E-state index contributed by atoms with van der Waals surface area (Å²) < 4.78 is 26.2. The number of aryl methyl sites for hydroxylation is 1. The van der Waals surface area contributed by atoms with Crippen molar-refractivity contribution in [3.05, 3.63) is 46.9 Å². The van der Waals surface area contributed by atoms with Gasteiger partial charge in [-0.25, -0.2) is 13.1 Å². The zero-order valence-corrected chi connectivity index (χ0v) is 16.4. The number of nitrogens with two attached hydrogens (primary N) is 2. The van der Waals surface area contributed by atoms with Crippen LogP contribution in [0, 0.1) is 6.92 Å². The van der Waals surface area contributed by atoms with Gasteiger partial charge in [0.05, 0.1) is 10.4 Å². The Morgan fingerprint density at radius 1 is 1.37 bits per heavy atom. The molecule has 11 heteroatoms. The number of carboxylic acids is 1. The molecule has 1 aromatic heterocycles. The third kappa shape index (κ3) is 9.13. The summed E-state index contributed by atoms with van der Waals surface area (Å²) in [5.74, 6) is -1.33. The maximum atomic E-state index is 12.0. The van der Waals surface area contributed by atoms with Crippen LogP contribution in [0.25, 0.3) is 0 Å². The van der Waals surface area contributed by atoms with Gasteiger partial charge in [-0.3, -0.25) is 14.8 Å². The summed E-state index contributed by atoms with van der Waals surface area (Å²) in [6, 6.07) is 5.33. The van der Waals surface area contributed by atoms with E-state index in [1.165, 1.54) is 12.1 Å². The first-order valence-corrected chi connectivity index (χ1v) is 10.3. The summed E-state index contributed by atoms with van der Waals surface area (Å²) in [7, 11) is -3.77. The highest BCUT2D eigenvalue weighted by atomic mass is 32.2. The Morgan fingerprint density at radius 3 is 2.52 bits per heavy atom. The normalized spacial score (nSPS) is 12.6. The Balaban J connectivity index is 0.000000625. The quantitative estimate of drug-likeness (QED) is 0.298. The van der Waals surface area contributed by atoms with Crippen molar-refractivity contribution in [2.24, 2.45) is 16.5 Å². The SMILES string of the molecule is Cc1ccc(S(=O)(=O)NC(N)=NCCC[C@H](N)C(=O)O)cc1.c1cscn1. The van der Waals surface area contributed by atoms with E-state index in [4.69, 9.17) is 16.6 Å². The third-order valence-electron chi connectivity index (χ3n) is 3.19. The van der Waals surface area contributed by atoms with Crippen molar-refractivity contribution in [2.45, 2.75) is 30.7 Å². The first-order chi connectivity index (χ1) is 12.7. The summed E-state index contributed by atoms with van der Waals surface area (Å²) in [6.07, 6.45) is 2.39. The molecule has 1 atom stereocenters. The lowest BCUT2D eigenvalue weighted by Crippen LogP contribution is -2.37. The monoisotopic (exact) mass is 413 g/mol. The molecular weight excluding hydrogens is 390 g/mol. The molecule has 2 rings (SSSR count). The van der Waals surface area contributed by atoms with Gasteiger partial charge in [-0.05, 0) is 31.9 Å². The van der Waals surface area contributed by atoms with E-state index >= 15 is 0 Å². The minimum Gasteiger partial charge on any atom is -0.480 e. The van der Waals surface area contributed by atoms with Crippen LogP contribution >= 0.6 is 11.3 Å². The standard InChI is InChI=1S/C13H20N4O4S.C3H3NS/c1-9-4-6-10(7-5-9)22(20,21)17-13(15)16-8-2-3-11(14)12(18)19;1-2-5-3-4-1/h4-7,11H,2-3,8,14H2,1H3,(H,18,19)(H3,15,16,17);1-3H/t11-;/m0./s1. The van der Waals surface area contributed by atoms with Crippen LogP contribution in [0.4, 0.5) is 0 Å².